The third kappa shape index (κ3) is 3.36. The number of hydrogen-bond donors (Lipinski definition) is 0. The summed E-state index contributed by atoms with van der Waals surface area (Å²) in [6.07, 6.45) is 4.69. The molecule has 0 heterocycles. The Morgan fingerprint density at radius 1 is 1.39 bits per heavy atom. The maximum absolute atomic E-state index is 12.2. The molecule has 2 nitrogen and oxygen atoms in total. The van der Waals surface area contributed by atoms with Gasteiger partial charge in [0.2, 0.25) is 0 Å². The second kappa shape index (κ2) is 5.89. The lowest BCUT2D eigenvalue weighted by Gasteiger charge is -2.23. The van der Waals surface area contributed by atoms with Gasteiger partial charge in [-0.1, -0.05) is 12.1 Å². The summed E-state index contributed by atoms with van der Waals surface area (Å²) in [7, 11) is 2.05. The van der Waals surface area contributed by atoms with Crippen LogP contribution in [0.3, 0.4) is 0 Å². The van der Waals surface area contributed by atoms with Crippen LogP contribution in [0.4, 0.5) is 0 Å². The summed E-state index contributed by atoms with van der Waals surface area (Å²) in [5.74, 6) is 1.03. The van der Waals surface area contributed by atoms with Gasteiger partial charge in [0.1, 0.15) is 0 Å². The highest BCUT2D eigenvalue weighted by Crippen LogP contribution is 2.34. The fourth-order valence-electron chi connectivity index (χ4n) is 2.18. The Kier molecular flexibility index (Phi) is 4.46. The topological polar surface area (TPSA) is 20.3 Å². The van der Waals surface area contributed by atoms with E-state index < -0.39 is 0 Å². The minimum absolute atomic E-state index is 0.220. The predicted molar refractivity (Wildman–Crippen MR) is 77.4 cm³/mol. The zero-order chi connectivity index (χ0) is 13.1. The highest BCUT2D eigenvalue weighted by Gasteiger charge is 2.31. The number of ketones is 1. The monoisotopic (exact) mass is 263 g/mol. The van der Waals surface area contributed by atoms with Crippen molar-refractivity contribution in [2.75, 3.05) is 19.8 Å². The molecule has 98 valence electrons. The zero-order valence-corrected chi connectivity index (χ0v) is 12.2. The van der Waals surface area contributed by atoms with Gasteiger partial charge >= 0.3 is 0 Å². The Labute approximate surface area is 114 Å². The summed E-state index contributed by atoms with van der Waals surface area (Å²) in [5.41, 5.74) is 0.822. The highest BCUT2D eigenvalue weighted by atomic mass is 32.2. The van der Waals surface area contributed by atoms with Crippen molar-refractivity contribution in [3.05, 3.63) is 29.8 Å². The first-order valence-electron chi connectivity index (χ1n) is 6.49. The summed E-state index contributed by atoms with van der Waals surface area (Å²) >= 11 is 1.70. The van der Waals surface area contributed by atoms with E-state index in [0.29, 0.717) is 12.6 Å². The van der Waals surface area contributed by atoms with Crippen molar-refractivity contribution in [1.29, 1.82) is 0 Å². The minimum atomic E-state index is 0.220. The summed E-state index contributed by atoms with van der Waals surface area (Å²) in [5, 5.41) is 0. The summed E-state index contributed by atoms with van der Waals surface area (Å²) in [6.45, 7) is 2.75. The van der Waals surface area contributed by atoms with Crippen LogP contribution in [0.5, 0.6) is 0 Å². The van der Waals surface area contributed by atoms with E-state index in [4.69, 9.17) is 0 Å². The number of thioether (sulfide) groups is 1. The third-order valence-electron chi connectivity index (χ3n) is 3.80. The second-order valence-electron chi connectivity index (χ2n) is 5.14. The first-order valence-corrected chi connectivity index (χ1v) is 7.71. The van der Waals surface area contributed by atoms with Crippen LogP contribution >= 0.6 is 11.8 Å². The van der Waals surface area contributed by atoms with Crippen LogP contribution in [0.15, 0.2) is 29.2 Å². The molecule has 1 atom stereocenters. The van der Waals surface area contributed by atoms with Gasteiger partial charge in [0.25, 0.3) is 0 Å². The average molecular weight is 263 g/mol. The number of hydrogen-bond acceptors (Lipinski definition) is 3. The lowest BCUT2D eigenvalue weighted by Crippen LogP contribution is -2.35. The molecular formula is C15H21NOS. The predicted octanol–water partition coefficient (Wildman–Crippen LogP) is 3.32. The Morgan fingerprint density at radius 3 is 2.50 bits per heavy atom. The number of likely N-dealkylation sites (N-methyl/N-ethyl adjacent to an activating group) is 1. The van der Waals surface area contributed by atoms with E-state index in [2.05, 4.69) is 18.9 Å². The summed E-state index contributed by atoms with van der Waals surface area (Å²) in [6, 6.07) is 8.43. The maximum Gasteiger partial charge on any atom is 0.176 e. The highest BCUT2D eigenvalue weighted by molar-refractivity contribution is 7.98. The van der Waals surface area contributed by atoms with E-state index in [1.807, 2.05) is 30.5 Å². The smallest absolute Gasteiger partial charge is 0.176 e. The molecule has 0 radical (unpaired) electrons. The van der Waals surface area contributed by atoms with Gasteiger partial charge in [0.05, 0.1) is 6.54 Å². The Balaban J connectivity index is 1.93. The molecule has 1 unspecified atom stereocenters. The number of Topliss-reactive ketones (excluding diaryl/α,β-unsaturated/α-hetero) is 1. The molecule has 0 aliphatic heterocycles. The van der Waals surface area contributed by atoms with Crippen LogP contribution < -0.4 is 0 Å². The maximum atomic E-state index is 12.2. The molecule has 1 aromatic carbocycles. The largest absolute Gasteiger partial charge is 0.296 e. The molecule has 1 fully saturated rings. The molecule has 0 amide bonds. The average Bonchev–Trinajstić information content (AvgIpc) is 3.22. The fourth-order valence-corrected chi connectivity index (χ4v) is 2.59. The van der Waals surface area contributed by atoms with Crippen molar-refractivity contribution in [1.82, 2.24) is 4.90 Å². The molecule has 0 aromatic heterocycles. The van der Waals surface area contributed by atoms with E-state index in [1.165, 1.54) is 17.7 Å². The van der Waals surface area contributed by atoms with Crippen LogP contribution in [0.1, 0.15) is 30.1 Å². The van der Waals surface area contributed by atoms with E-state index >= 15 is 0 Å². The van der Waals surface area contributed by atoms with Gasteiger partial charge in [0.15, 0.2) is 5.78 Å². The quantitative estimate of drug-likeness (QED) is 0.580. The van der Waals surface area contributed by atoms with Crippen molar-refractivity contribution < 1.29 is 4.79 Å². The molecule has 1 aliphatic carbocycles. The van der Waals surface area contributed by atoms with Crippen LogP contribution in [0, 0.1) is 5.92 Å². The van der Waals surface area contributed by atoms with Gasteiger partial charge in [-0.05, 0) is 51.1 Å². The number of nitrogens with zero attached hydrogens (tertiary/aromatic N) is 1. The molecule has 18 heavy (non-hydrogen) atoms. The van der Waals surface area contributed by atoms with Crippen molar-refractivity contribution in [2.24, 2.45) is 5.92 Å². The zero-order valence-electron chi connectivity index (χ0n) is 11.3. The number of carbonyl (C=O) groups excluding carboxylic acids is 1. The van der Waals surface area contributed by atoms with Gasteiger partial charge in [-0.25, -0.2) is 0 Å². The molecule has 0 bridgehead atoms. The number of benzene rings is 1. The number of carbonyl (C=O) groups is 1. The standard InChI is InChI=1S/C15H21NOS/c1-11(12-4-5-12)16(2)10-15(17)13-6-8-14(18-3)9-7-13/h6-9,11-12H,4-5,10H2,1-3H3. The summed E-state index contributed by atoms with van der Waals surface area (Å²) in [4.78, 5) is 15.5. The molecule has 0 saturated heterocycles. The Hall–Kier alpha value is -0.800. The van der Waals surface area contributed by atoms with Gasteiger partial charge in [-0.2, -0.15) is 0 Å². The lowest BCUT2D eigenvalue weighted by atomic mass is 10.1. The normalized spacial score (nSPS) is 16.9. The van der Waals surface area contributed by atoms with Crippen LogP contribution in [0.25, 0.3) is 0 Å². The fraction of sp³-hybridized carbons (Fsp3) is 0.533. The molecule has 0 N–H and O–H groups in total. The van der Waals surface area contributed by atoms with E-state index in [-0.39, 0.29) is 5.78 Å². The first kappa shape index (κ1) is 13.6. The molecule has 2 rings (SSSR count). The second-order valence-corrected chi connectivity index (χ2v) is 6.02. The van der Waals surface area contributed by atoms with E-state index in [9.17, 15) is 4.79 Å². The molecule has 3 heteroatoms. The van der Waals surface area contributed by atoms with Crippen molar-refractivity contribution in [3.63, 3.8) is 0 Å². The van der Waals surface area contributed by atoms with Crippen LogP contribution in [-0.2, 0) is 0 Å². The van der Waals surface area contributed by atoms with Gasteiger partial charge < -0.3 is 0 Å². The SMILES string of the molecule is CSc1ccc(C(=O)CN(C)C(C)C2CC2)cc1. The van der Waals surface area contributed by atoms with Crippen molar-refractivity contribution in [2.45, 2.75) is 30.7 Å². The van der Waals surface area contributed by atoms with E-state index in [0.717, 1.165) is 11.5 Å². The van der Waals surface area contributed by atoms with Gasteiger partial charge in [-0.15, -0.1) is 11.8 Å². The Morgan fingerprint density at radius 2 is 2.00 bits per heavy atom. The lowest BCUT2D eigenvalue weighted by molar-refractivity contribution is 0.0917. The molecular weight excluding hydrogens is 242 g/mol. The summed E-state index contributed by atoms with van der Waals surface area (Å²) < 4.78 is 0. The van der Waals surface area contributed by atoms with Crippen LogP contribution in [0.2, 0.25) is 0 Å². The van der Waals surface area contributed by atoms with Gasteiger partial charge in [-0.3, -0.25) is 9.69 Å². The van der Waals surface area contributed by atoms with Crippen molar-refractivity contribution in [3.8, 4) is 0 Å². The molecule has 1 saturated carbocycles. The van der Waals surface area contributed by atoms with Gasteiger partial charge in [0, 0.05) is 16.5 Å². The van der Waals surface area contributed by atoms with Crippen LogP contribution in [-0.4, -0.2) is 36.6 Å². The molecule has 1 aromatic rings. The molecule has 0 spiro atoms. The minimum Gasteiger partial charge on any atom is -0.296 e. The molecule has 1 aliphatic rings. The number of rotatable bonds is 6. The third-order valence-corrected chi connectivity index (χ3v) is 4.55. The Bertz CT molecular complexity index is 411. The van der Waals surface area contributed by atoms with Crippen molar-refractivity contribution >= 4 is 17.5 Å². The first-order chi connectivity index (χ1) is 8.61. The van der Waals surface area contributed by atoms with E-state index in [1.54, 1.807) is 11.8 Å².